The molecule has 12 heavy (non-hydrogen) atoms. The van der Waals surface area contributed by atoms with Crippen molar-refractivity contribution >= 4 is 17.5 Å². The van der Waals surface area contributed by atoms with Crippen LogP contribution in [0.1, 0.15) is 17.3 Å². The van der Waals surface area contributed by atoms with Gasteiger partial charge in [0.25, 0.3) is 5.91 Å². The Hall–Kier alpha value is -1.09. The number of alkyl halides is 1. The van der Waals surface area contributed by atoms with E-state index >= 15 is 0 Å². The Balaban J connectivity index is 2.66. The van der Waals surface area contributed by atoms with Gasteiger partial charge in [0, 0.05) is 12.4 Å². The lowest BCUT2D eigenvalue weighted by Crippen LogP contribution is -2.28. The highest BCUT2D eigenvalue weighted by Gasteiger charge is 2.05. The van der Waals surface area contributed by atoms with Gasteiger partial charge in [-0.05, 0) is 19.1 Å². The van der Waals surface area contributed by atoms with Crippen molar-refractivity contribution in [2.45, 2.75) is 12.4 Å². The molecule has 1 atom stereocenters. The van der Waals surface area contributed by atoms with Gasteiger partial charge in [-0.25, -0.2) is 0 Å². The van der Waals surface area contributed by atoms with Gasteiger partial charge in [-0.3, -0.25) is 9.78 Å². The van der Waals surface area contributed by atoms with Gasteiger partial charge < -0.3 is 5.32 Å². The molecule has 0 fully saturated rings. The maximum atomic E-state index is 11.2. The SMILES string of the molecule is CC(Cl)NC(=O)c1cccnc1. The van der Waals surface area contributed by atoms with Gasteiger partial charge in [-0.1, -0.05) is 11.6 Å². The van der Waals surface area contributed by atoms with Crippen LogP contribution < -0.4 is 5.32 Å². The summed E-state index contributed by atoms with van der Waals surface area (Å²) in [6, 6.07) is 3.38. The van der Waals surface area contributed by atoms with E-state index in [-0.39, 0.29) is 11.4 Å². The maximum absolute atomic E-state index is 11.2. The first-order chi connectivity index (χ1) is 5.70. The molecule has 0 aliphatic carbocycles. The molecule has 0 aliphatic rings. The third-order valence-corrected chi connectivity index (χ3v) is 1.36. The minimum absolute atomic E-state index is 0.203. The molecule has 1 heterocycles. The van der Waals surface area contributed by atoms with Gasteiger partial charge in [0.2, 0.25) is 0 Å². The average molecular weight is 185 g/mol. The molecule has 0 saturated carbocycles. The van der Waals surface area contributed by atoms with Crippen LogP contribution in [-0.4, -0.2) is 16.4 Å². The van der Waals surface area contributed by atoms with Crippen LogP contribution in [0.4, 0.5) is 0 Å². The van der Waals surface area contributed by atoms with Crippen LogP contribution in [0.5, 0.6) is 0 Å². The summed E-state index contributed by atoms with van der Waals surface area (Å²) in [5.41, 5.74) is 0.155. The van der Waals surface area contributed by atoms with E-state index in [1.165, 1.54) is 6.20 Å². The van der Waals surface area contributed by atoms with Gasteiger partial charge in [-0.2, -0.15) is 0 Å². The van der Waals surface area contributed by atoms with Gasteiger partial charge in [-0.15, -0.1) is 0 Å². The molecular formula is C8H9ClN2O. The topological polar surface area (TPSA) is 42.0 Å². The molecule has 4 heteroatoms. The lowest BCUT2D eigenvalue weighted by atomic mass is 10.3. The van der Waals surface area contributed by atoms with Crippen LogP contribution in [0.15, 0.2) is 24.5 Å². The minimum atomic E-state index is -0.363. The van der Waals surface area contributed by atoms with Gasteiger partial charge in [0.05, 0.1) is 5.56 Å². The summed E-state index contributed by atoms with van der Waals surface area (Å²) in [6.07, 6.45) is 3.11. The summed E-state index contributed by atoms with van der Waals surface area (Å²) in [5, 5.41) is 2.55. The number of carbonyl (C=O) groups excluding carboxylic acids is 1. The third-order valence-electron chi connectivity index (χ3n) is 1.25. The van der Waals surface area contributed by atoms with Crippen LogP contribution in [0.2, 0.25) is 0 Å². The van der Waals surface area contributed by atoms with Gasteiger partial charge in [0.15, 0.2) is 0 Å². The molecule has 0 saturated heterocycles. The first kappa shape index (κ1) is 9.00. The van der Waals surface area contributed by atoms with E-state index in [1.807, 2.05) is 0 Å². The number of rotatable bonds is 2. The van der Waals surface area contributed by atoms with E-state index in [2.05, 4.69) is 10.3 Å². The second-order valence-electron chi connectivity index (χ2n) is 2.33. The first-order valence-corrected chi connectivity index (χ1v) is 3.99. The fourth-order valence-electron chi connectivity index (χ4n) is 0.761. The van der Waals surface area contributed by atoms with Crippen molar-refractivity contribution < 1.29 is 4.79 Å². The monoisotopic (exact) mass is 184 g/mol. The molecule has 0 aliphatic heterocycles. The molecule has 1 rings (SSSR count). The van der Waals surface area contributed by atoms with E-state index in [1.54, 1.807) is 25.3 Å². The number of pyridine rings is 1. The number of nitrogens with one attached hydrogen (secondary N) is 1. The Morgan fingerprint density at radius 1 is 1.75 bits per heavy atom. The van der Waals surface area contributed by atoms with Crippen molar-refractivity contribution in [2.75, 3.05) is 0 Å². The number of hydrogen-bond donors (Lipinski definition) is 1. The molecule has 0 aromatic carbocycles. The maximum Gasteiger partial charge on any atom is 0.253 e. The number of amides is 1. The second kappa shape index (κ2) is 4.07. The summed E-state index contributed by atoms with van der Waals surface area (Å²) < 4.78 is 0. The number of halogens is 1. The summed E-state index contributed by atoms with van der Waals surface area (Å²) in [7, 11) is 0. The molecule has 1 aromatic heterocycles. The largest absolute Gasteiger partial charge is 0.336 e. The highest BCUT2D eigenvalue weighted by atomic mass is 35.5. The Morgan fingerprint density at radius 3 is 3.00 bits per heavy atom. The zero-order chi connectivity index (χ0) is 8.97. The summed E-state index contributed by atoms with van der Waals surface area (Å²) in [5.74, 6) is -0.203. The number of nitrogens with zero attached hydrogens (tertiary/aromatic N) is 1. The normalized spacial score (nSPS) is 12.2. The van der Waals surface area contributed by atoms with Crippen LogP contribution in [-0.2, 0) is 0 Å². The van der Waals surface area contributed by atoms with Crippen molar-refractivity contribution in [2.24, 2.45) is 0 Å². The Kier molecular flexibility index (Phi) is 3.05. The first-order valence-electron chi connectivity index (χ1n) is 3.55. The minimum Gasteiger partial charge on any atom is -0.336 e. The fourth-order valence-corrected chi connectivity index (χ4v) is 0.860. The van der Waals surface area contributed by atoms with Crippen molar-refractivity contribution in [1.82, 2.24) is 10.3 Å². The molecule has 0 radical (unpaired) electrons. The molecule has 1 unspecified atom stereocenters. The van der Waals surface area contributed by atoms with E-state index in [9.17, 15) is 4.79 Å². The van der Waals surface area contributed by atoms with Gasteiger partial charge >= 0.3 is 0 Å². The molecule has 0 bridgehead atoms. The Bertz CT molecular complexity index is 261. The molecule has 1 N–H and O–H groups in total. The van der Waals surface area contributed by atoms with Crippen LogP contribution in [0.25, 0.3) is 0 Å². The summed E-state index contributed by atoms with van der Waals surface area (Å²) >= 11 is 5.57. The smallest absolute Gasteiger partial charge is 0.253 e. The van der Waals surface area contributed by atoms with E-state index in [4.69, 9.17) is 11.6 Å². The highest BCUT2D eigenvalue weighted by molar-refractivity contribution is 6.21. The van der Waals surface area contributed by atoms with Crippen molar-refractivity contribution in [1.29, 1.82) is 0 Å². The highest BCUT2D eigenvalue weighted by Crippen LogP contribution is 1.97. The second-order valence-corrected chi connectivity index (χ2v) is 2.99. The van der Waals surface area contributed by atoms with E-state index < -0.39 is 0 Å². The lowest BCUT2D eigenvalue weighted by Gasteiger charge is -2.05. The Labute approximate surface area is 75.8 Å². The lowest BCUT2D eigenvalue weighted by molar-refractivity contribution is 0.0950. The molecule has 0 spiro atoms. The predicted octanol–water partition coefficient (Wildman–Crippen LogP) is 1.40. The molecule has 3 nitrogen and oxygen atoms in total. The number of aromatic nitrogens is 1. The third kappa shape index (κ3) is 2.51. The van der Waals surface area contributed by atoms with E-state index in [0.29, 0.717) is 5.56 Å². The standard InChI is InChI=1S/C8H9ClN2O/c1-6(9)11-8(12)7-3-2-4-10-5-7/h2-6H,1H3,(H,11,12). The zero-order valence-electron chi connectivity index (χ0n) is 6.62. The van der Waals surface area contributed by atoms with Crippen LogP contribution in [0.3, 0.4) is 0 Å². The Morgan fingerprint density at radius 2 is 2.50 bits per heavy atom. The summed E-state index contributed by atoms with van der Waals surface area (Å²) in [4.78, 5) is 15.0. The molecular weight excluding hydrogens is 176 g/mol. The van der Waals surface area contributed by atoms with Crippen molar-refractivity contribution in [3.05, 3.63) is 30.1 Å². The molecule has 1 amide bonds. The summed E-state index contributed by atoms with van der Waals surface area (Å²) in [6.45, 7) is 1.69. The van der Waals surface area contributed by atoms with Crippen LogP contribution >= 0.6 is 11.6 Å². The number of hydrogen-bond acceptors (Lipinski definition) is 2. The molecule has 1 aromatic rings. The fraction of sp³-hybridized carbons (Fsp3) is 0.250. The van der Waals surface area contributed by atoms with Gasteiger partial charge in [0.1, 0.15) is 5.50 Å². The zero-order valence-corrected chi connectivity index (χ0v) is 7.38. The number of carbonyl (C=O) groups is 1. The van der Waals surface area contributed by atoms with Crippen molar-refractivity contribution in [3.8, 4) is 0 Å². The average Bonchev–Trinajstić information content (AvgIpc) is 2.05. The predicted molar refractivity (Wildman–Crippen MR) is 47.0 cm³/mol. The van der Waals surface area contributed by atoms with Crippen molar-refractivity contribution in [3.63, 3.8) is 0 Å². The van der Waals surface area contributed by atoms with E-state index in [0.717, 1.165) is 0 Å². The van der Waals surface area contributed by atoms with Crippen LogP contribution in [0, 0.1) is 0 Å². The quantitative estimate of drug-likeness (QED) is 0.558. The molecule has 64 valence electrons.